The third-order valence-corrected chi connectivity index (χ3v) is 4.16. The Balaban J connectivity index is 1.87. The summed E-state index contributed by atoms with van der Waals surface area (Å²) in [4.78, 5) is 11.3. The van der Waals surface area contributed by atoms with E-state index < -0.39 is 5.97 Å². The Kier molecular flexibility index (Phi) is 3.02. The van der Waals surface area contributed by atoms with E-state index in [2.05, 4.69) is 9.68 Å². The highest BCUT2D eigenvalue weighted by Gasteiger charge is 2.24. The predicted molar refractivity (Wildman–Crippen MR) is 67.7 cm³/mol. The molecule has 0 amide bonds. The van der Waals surface area contributed by atoms with Crippen molar-refractivity contribution in [3.8, 4) is 11.3 Å². The molecule has 2 aromatic rings. The van der Waals surface area contributed by atoms with Gasteiger partial charge in [-0.15, -0.1) is 11.8 Å². The normalized spacial score (nSPS) is 14.6. The first kappa shape index (κ1) is 12.2. The van der Waals surface area contributed by atoms with Crippen LogP contribution < -0.4 is 0 Å². The van der Waals surface area contributed by atoms with Gasteiger partial charge in [-0.1, -0.05) is 11.2 Å². The molecule has 1 saturated carbocycles. The molecule has 1 aliphatic rings. The van der Waals surface area contributed by atoms with Crippen LogP contribution in [0.25, 0.3) is 11.3 Å². The molecule has 6 heteroatoms. The van der Waals surface area contributed by atoms with Gasteiger partial charge in [0.15, 0.2) is 0 Å². The summed E-state index contributed by atoms with van der Waals surface area (Å²) in [5.74, 6) is -1.76. The van der Waals surface area contributed by atoms with Crippen LogP contribution in [0.4, 0.5) is 4.39 Å². The van der Waals surface area contributed by atoms with Crippen molar-refractivity contribution in [2.24, 2.45) is 0 Å². The van der Waals surface area contributed by atoms with Crippen LogP contribution in [0, 0.1) is 5.82 Å². The standard InChI is InChI=1S/C13H10FNO3S/c14-9-5-7(1-4-12(9)19-8-2-3-8)10-6-11(13(16)17)18-15-10/h1,4-6,8H,2-3H2,(H,16,17). The highest BCUT2D eigenvalue weighted by molar-refractivity contribution is 8.00. The monoisotopic (exact) mass is 279 g/mol. The molecule has 0 radical (unpaired) electrons. The minimum Gasteiger partial charge on any atom is -0.475 e. The quantitative estimate of drug-likeness (QED) is 0.928. The summed E-state index contributed by atoms with van der Waals surface area (Å²) in [5.41, 5.74) is 0.827. The number of carboxylic acid groups (broad SMARTS) is 1. The number of thioether (sulfide) groups is 1. The van der Waals surface area contributed by atoms with Crippen molar-refractivity contribution < 1.29 is 18.8 Å². The van der Waals surface area contributed by atoms with Crippen LogP contribution in [0.3, 0.4) is 0 Å². The lowest BCUT2D eigenvalue weighted by molar-refractivity contribution is 0.0652. The Hall–Kier alpha value is -1.82. The van der Waals surface area contributed by atoms with Gasteiger partial charge in [0.2, 0.25) is 5.76 Å². The molecule has 1 N–H and O–H groups in total. The van der Waals surface area contributed by atoms with E-state index in [4.69, 9.17) is 5.11 Å². The Morgan fingerprint density at radius 2 is 2.21 bits per heavy atom. The Bertz CT molecular complexity index is 637. The van der Waals surface area contributed by atoms with Gasteiger partial charge in [-0.3, -0.25) is 0 Å². The lowest BCUT2D eigenvalue weighted by atomic mass is 10.1. The van der Waals surface area contributed by atoms with Crippen molar-refractivity contribution in [2.75, 3.05) is 0 Å². The van der Waals surface area contributed by atoms with E-state index >= 15 is 0 Å². The Morgan fingerprint density at radius 3 is 2.79 bits per heavy atom. The largest absolute Gasteiger partial charge is 0.475 e. The predicted octanol–water partition coefficient (Wildman–Crippen LogP) is 3.43. The van der Waals surface area contributed by atoms with Gasteiger partial charge in [-0.2, -0.15) is 0 Å². The summed E-state index contributed by atoms with van der Waals surface area (Å²) in [5, 5.41) is 12.9. The number of hydrogen-bond acceptors (Lipinski definition) is 4. The Morgan fingerprint density at radius 1 is 1.42 bits per heavy atom. The van der Waals surface area contributed by atoms with Crippen LogP contribution in [0.15, 0.2) is 33.7 Å². The second kappa shape index (κ2) is 4.70. The van der Waals surface area contributed by atoms with E-state index in [1.165, 1.54) is 23.9 Å². The number of benzene rings is 1. The number of carboxylic acids is 1. The molecule has 3 rings (SSSR count). The summed E-state index contributed by atoms with van der Waals surface area (Å²) < 4.78 is 18.5. The third kappa shape index (κ3) is 2.63. The molecule has 0 saturated heterocycles. The number of aromatic carboxylic acids is 1. The number of rotatable bonds is 4. The van der Waals surface area contributed by atoms with Crippen LogP contribution in [0.2, 0.25) is 0 Å². The average molecular weight is 279 g/mol. The van der Waals surface area contributed by atoms with Crippen molar-refractivity contribution in [1.82, 2.24) is 5.16 Å². The topological polar surface area (TPSA) is 63.3 Å². The zero-order valence-corrected chi connectivity index (χ0v) is 10.6. The average Bonchev–Trinajstić information content (AvgIpc) is 3.05. The molecule has 0 atom stereocenters. The number of halogens is 1. The van der Waals surface area contributed by atoms with Gasteiger partial charge >= 0.3 is 5.97 Å². The summed E-state index contributed by atoms with van der Waals surface area (Å²) in [6.07, 6.45) is 2.27. The molecule has 0 spiro atoms. The first-order chi connectivity index (χ1) is 9.13. The zero-order chi connectivity index (χ0) is 13.4. The van der Waals surface area contributed by atoms with Crippen molar-refractivity contribution in [1.29, 1.82) is 0 Å². The van der Waals surface area contributed by atoms with Crippen molar-refractivity contribution in [3.63, 3.8) is 0 Å². The first-order valence-corrected chi connectivity index (χ1v) is 6.68. The molecular formula is C13H10FNO3S. The molecule has 1 aliphatic carbocycles. The number of hydrogen-bond donors (Lipinski definition) is 1. The highest BCUT2D eigenvalue weighted by atomic mass is 32.2. The maximum atomic E-state index is 13.9. The Labute approximate surface area is 112 Å². The fraction of sp³-hybridized carbons (Fsp3) is 0.231. The van der Waals surface area contributed by atoms with Crippen LogP contribution in [-0.4, -0.2) is 21.5 Å². The van der Waals surface area contributed by atoms with Crippen LogP contribution in [0.5, 0.6) is 0 Å². The van der Waals surface area contributed by atoms with E-state index in [0.717, 1.165) is 12.8 Å². The van der Waals surface area contributed by atoms with Crippen LogP contribution in [-0.2, 0) is 0 Å². The second-order valence-corrected chi connectivity index (χ2v) is 5.69. The molecule has 1 heterocycles. The fourth-order valence-corrected chi connectivity index (χ4v) is 2.68. The summed E-state index contributed by atoms with van der Waals surface area (Å²) in [6.45, 7) is 0. The minimum atomic E-state index is -1.19. The molecule has 0 aliphatic heterocycles. The van der Waals surface area contributed by atoms with Gasteiger partial charge in [-0.05, 0) is 25.0 Å². The van der Waals surface area contributed by atoms with E-state index in [9.17, 15) is 9.18 Å². The SMILES string of the molecule is O=C(O)c1cc(-c2ccc(SC3CC3)c(F)c2)no1. The molecule has 98 valence electrons. The zero-order valence-electron chi connectivity index (χ0n) is 9.80. The highest BCUT2D eigenvalue weighted by Crippen LogP contribution is 2.40. The molecular weight excluding hydrogens is 269 g/mol. The van der Waals surface area contributed by atoms with Crippen molar-refractivity contribution in [3.05, 3.63) is 35.8 Å². The molecule has 1 aromatic carbocycles. The van der Waals surface area contributed by atoms with Gasteiger partial charge in [-0.25, -0.2) is 9.18 Å². The van der Waals surface area contributed by atoms with Gasteiger partial charge in [0.05, 0.1) is 0 Å². The number of nitrogens with zero attached hydrogens (tertiary/aromatic N) is 1. The maximum Gasteiger partial charge on any atom is 0.374 e. The van der Waals surface area contributed by atoms with E-state index in [-0.39, 0.29) is 11.6 Å². The first-order valence-electron chi connectivity index (χ1n) is 5.80. The summed E-state index contributed by atoms with van der Waals surface area (Å²) in [6, 6.07) is 6.05. The van der Waals surface area contributed by atoms with Gasteiger partial charge < -0.3 is 9.63 Å². The van der Waals surface area contributed by atoms with E-state index in [1.807, 2.05) is 0 Å². The van der Waals surface area contributed by atoms with Crippen molar-refractivity contribution in [2.45, 2.75) is 23.0 Å². The van der Waals surface area contributed by atoms with Crippen LogP contribution >= 0.6 is 11.8 Å². The van der Waals surface area contributed by atoms with Gasteiger partial charge in [0.1, 0.15) is 11.5 Å². The second-order valence-electron chi connectivity index (χ2n) is 4.34. The molecule has 19 heavy (non-hydrogen) atoms. The third-order valence-electron chi connectivity index (χ3n) is 2.77. The molecule has 0 bridgehead atoms. The maximum absolute atomic E-state index is 13.9. The summed E-state index contributed by atoms with van der Waals surface area (Å²) in [7, 11) is 0. The van der Waals surface area contributed by atoms with Crippen molar-refractivity contribution >= 4 is 17.7 Å². The van der Waals surface area contributed by atoms with E-state index in [0.29, 0.717) is 21.4 Å². The van der Waals surface area contributed by atoms with E-state index in [1.54, 1.807) is 12.1 Å². The number of carbonyl (C=O) groups is 1. The lowest BCUT2D eigenvalue weighted by Gasteiger charge is -2.03. The molecule has 1 fully saturated rings. The molecule has 4 nitrogen and oxygen atoms in total. The summed E-state index contributed by atoms with van der Waals surface area (Å²) >= 11 is 1.54. The fourth-order valence-electron chi connectivity index (χ4n) is 1.63. The smallest absolute Gasteiger partial charge is 0.374 e. The number of aromatic nitrogens is 1. The van der Waals surface area contributed by atoms with Gasteiger partial charge in [0.25, 0.3) is 0 Å². The lowest BCUT2D eigenvalue weighted by Crippen LogP contribution is -1.91. The minimum absolute atomic E-state index is 0.258. The molecule has 0 unspecified atom stereocenters. The van der Waals surface area contributed by atoms with Crippen LogP contribution in [0.1, 0.15) is 23.4 Å². The molecule has 1 aromatic heterocycles. The van der Waals surface area contributed by atoms with Gasteiger partial charge in [0, 0.05) is 21.8 Å².